The average molecular weight is 228 g/mol. The molecule has 1 N–H and O–H groups in total. The van der Waals surface area contributed by atoms with Crippen LogP contribution in [-0.4, -0.2) is 38.0 Å². The molecule has 0 aliphatic heterocycles. The molecule has 0 aromatic carbocycles. The lowest BCUT2D eigenvalue weighted by molar-refractivity contribution is -0.134. The van der Waals surface area contributed by atoms with Crippen molar-refractivity contribution in [2.24, 2.45) is 5.92 Å². The van der Waals surface area contributed by atoms with Gasteiger partial charge in [0.15, 0.2) is 0 Å². The Morgan fingerprint density at radius 1 is 1.25 bits per heavy atom. The van der Waals surface area contributed by atoms with E-state index in [0.29, 0.717) is 5.91 Å². The Balaban J connectivity index is 4.03. The fourth-order valence-corrected chi connectivity index (χ4v) is 2.00. The molecule has 0 aromatic heterocycles. The van der Waals surface area contributed by atoms with Crippen molar-refractivity contribution in [1.82, 2.24) is 10.2 Å². The zero-order valence-electron chi connectivity index (χ0n) is 11.4. The van der Waals surface area contributed by atoms with Crippen molar-refractivity contribution >= 4 is 5.91 Å². The second kappa shape index (κ2) is 9.64. The zero-order chi connectivity index (χ0) is 12.4. The van der Waals surface area contributed by atoms with Gasteiger partial charge in [-0.15, -0.1) is 0 Å². The number of carbonyl (C=O) groups is 1. The van der Waals surface area contributed by atoms with Crippen molar-refractivity contribution < 1.29 is 4.79 Å². The monoisotopic (exact) mass is 228 g/mol. The van der Waals surface area contributed by atoms with E-state index < -0.39 is 0 Å². The molecule has 0 aromatic rings. The molecule has 0 radical (unpaired) electrons. The van der Waals surface area contributed by atoms with Crippen molar-refractivity contribution in [2.45, 2.75) is 46.0 Å². The molecule has 0 rings (SSSR count). The highest BCUT2D eigenvalue weighted by Gasteiger charge is 2.19. The third-order valence-corrected chi connectivity index (χ3v) is 2.92. The van der Waals surface area contributed by atoms with Gasteiger partial charge in [0.05, 0.1) is 0 Å². The van der Waals surface area contributed by atoms with E-state index in [-0.39, 0.29) is 5.92 Å². The molecular formula is C13H28N2O. The van der Waals surface area contributed by atoms with Crippen LogP contribution in [0.3, 0.4) is 0 Å². The van der Waals surface area contributed by atoms with Gasteiger partial charge in [-0.2, -0.15) is 0 Å². The first-order valence-electron chi connectivity index (χ1n) is 6.56. The SMILES string of the molecule is CCCC(CCC)C(=O)N(C)CCCNC. The molecule has 0 saturated carbocycles. The topological polar surface area (TPSA) is 32.3 Å². The maximum Gasteiger partial charge on any atom is 0.225 e. The third kappa shape index (κ3) is 6.11. The minimum Gasteiger partial charge on any atom is -0.345 e. The van der Waals surface area contributed by atoms with E-state index in [1.807, 2.05) is 19.0 Å². The van der Waals surface area contributed by atoms with E-state index in [0.717, 1.165) is 45.2 Å². The smallest absolute Gasteiger partial charge is 0.225 e. The lowest BCUT2D eigenvalue weighted by Gasteiger charge is -2.23. The molecule has 0 aliphatic rings. The maximum atomic E-state index is 12.1. The van der Waals surface area contributed by atoms with E-state index in [9.17, 15) is 4.79 Å². The predicted molar refractivity (Wildman–Crippen MR) is 69.5 cm³/mol. The molecule has 3 heteroatoms. The lowest BCUT2D eigenvalue weighted by atomic mass is 9.97. The van der Waals surface area contributed by atoms with Gasteiger partial charge < -0.3 is 10.2 Å². The molecule has 96 valence electrons. The number of rotatable bonds is 9. The summed E-state index contributed by atoms with van der Waals surface area (Å²) in [6.07, 6.45) is 5.29. The van der Waals surface area contributed by atoms with Crippen LogP contribution >= 0.6 is 0 Å². The summed E-state index contributed by atoms with van der Waals surface area (Å²) in [6.45, 7) is 6.14. The summed E-state index contributed by atoms with van der Waals surface area (Å²) >= 11 is 0. The quantitative estimate of drug-likeness (QED) is 0.614. The summed E-state index contributed by atoms with van der Waals surface area (Å²) in [6, 6.07) is 0. The number of carbonyl (C=O) groups excluding carboxylic acids is 1. The first-order valence-corrected chi connectivity index (χ1v) is 6.56. The number of hydrogen-bond donors (Lipinski definition) is 1. The van der Waals surface area contributed by atoms with Crippen LogP contribution in [0.2, 0.25) is 0 Å². The van der Waals surface area contributed by atoms with Crippen LogP contribution < -0.4 is 5.32 Å². The fraction of sp³-hybridized carbons (Fsp3) is 0.923. The predicted octanol–water partition coefficient (Wildman–Crippen LogP) is 2.27. The number of nitrogens with one attached hydrogen (secondary N) is 1. The van der Waals surface area contributed by atoms with Crippen molar-refractivity contribution in [1.29, 1.82) is 0 Å². The second-order valence-corrected chi connectivity index (χ2v) is 4.49. The largest absolute Gasteiger partial charge is 0.345 e. The minimum atomic E-state index is 0.245. The highest BCUT2D eigenvalue weighted by atomic mass is 16.2. The Kier molecular flexibility index (Phi) is 9.30. The zero-order valence-corrected chi connectivity index (χ0v) is 11.4. The van der Waals surface area contributed by atoms with Crippen molar-refractivity contribution in [2.75, 3.05) is 27.2 Å². The van der Waals surface area contributed by atoms with Gasteiger partial charge in [-0.3, -0.25) is 4.79 Å². The van der Waals surface area contributed by atoms with Crippen molar-refractivity contribution in [3.63, 3.8) is 0 Å². The molecule has 1 amide bonds. The fourth-order valence-electron chi connectivity index (χ4n) is 2.00. The van der Waals surface area contributed by atoms with Crippen LogP contribution in [0.1, 0.15) is 46.0 Å². The van der Waals surface area contributed by atoms with Crippen LogP contribution in [0, 0.1) is 5.92 Å². The number of hydrogen-bond acceptors (Lipinski definition) is 2. The molecule has 0 spiro atoms. The van der Waals surface area contributed by atoms with Gasteiger partial charge in [0.2, 0.25) is 5.91 Å². The molecule has 3 nitrogen and oxygen atoms in total. The van der Waals surface area contributed by atoms with Gasteiger partial charge in [0.25, 0.3) is 0 Å². The van der Waals surface area contributed by atoms with E-state index in [2.05, 4.69) is 19.2 Å². The molecule has 0 aliphatic carbocycles. The van der Waals surface area contributed by atoms with Gasteiger partial charge >= 0.3 is 0 Å². The second-order valence-electron chi connectivity index (χ2n) is 4.49. The maximum absolute atomic E-state index is 12.1. The first kappa shape index (κ1) is 15.4. The van der Waals surface area contributed by atoms with Gasteiger partial charge in [0.1, 0.15) is 0 Å². The number of nitrogens with zero attached hydrogens (tertiary/aromatic N) is 1. The van der Waals surface area contributed by atoms with Gasteiger partial charge in [-0.1, -0.05) is 26.7 Å². The van der Waals surface area contributed by atoms with E-state index in [1.165, 1.54) is 0 Å². The van der Waals surface area contributed by atoms with Crippen LogP contribution in [0.15, 0.2) is 0 Å². The third-order valence-electron chi connectivity index (χ3n) is 2.92. The summed E-state index contributed by atoms with van der Waals surface area (Å²) in [7, 11) is 3.87. The highest BCUT2D eigenvalue weighted by molar-refractivity contribution is 5.78. The molecule has 0 atom stereocenters. The Labute approximate surface area is 101 Å². The Morgan fingerprint density at radius 3 is 2.25 bits per heavy atom. The standard InChI is InChI=1S/C13H28N2O/c1-5-8-12(9-6-2)13(16)15(4)11-7-10-14-3/h12,14H,5-11H2,1-4H3. The van der Waals surface area contributed by atoms with E-state index in [4.69, 9.17) is 0 Å². The molecule has 0 bridgehead atoms. The molecule has 0 heterocycles. The van der Waals surface area contributed by atoms with E-state index >= 15 is 0 Å². The Bertz CT molecular complexity index is 177. The summed E-state index contributed by atoms with van der Waals surface area (Å²) in [5, 5.41) is 3.10. The van der Waals surface area contributed by atoms with Crippen molar-refractivity contribution in [3.05, 3.63) is 0 Å². The molecular weight excluding hydrogens is 200 g/mol. The Morgan fingerprint density at radius 2 is 1.81 bits per heavy atom. The van der Waals surface area contributed by atoms with Gasteiger partial charge in [0, 0.05) is 19.5 Å². The molecule has 16 heavy (non-hydrogen) atoms. The van der Waals surface area contributed by atoms with Gasteiger partial charge in [-0.25, -0.2) is 0 Å². The van der Waals surface area contributed by atoms with E-state index in [1.54, 1.807) is 0 Å². The normalized spacial score (nSPS) is 10.8. The van der Waals surface area contributed by atoms with Crippen LogP contribution in [0.5, 0.6) is 0 Å². The summed E-state index contributed by atoms with van der Waals surface area (Å²) in [5.74, 6) is 0.578. The number of amides is 1. The summed E-state index contributed by atoms with van der Waals surface area (Å²) in [4.78, 5) is 14.0. The summed E-state index contributed by atoms with van der Waals surface area (Å²) in [5.41, 5.74) is 0. The summed E-state index contributed by atoms with van der Waals surface area (Å²) < 4.78 is 0. The minimum absolute atomic E-state index is 0.245. The van der Waals surface area contributed by atoms with Gasteiger partial charge in [-0.05, 0) is 32.9 Å². The molecule has 0 saturated heterocycles. The Hall–Kier alpha value is -0.570. The first-order chi connectivity index (χ1) is 7.67. The van der Waals surface area contributed by atoms with Crippen LogP contribution in [0.25, 0.3) is 0 Å². The van der Waals surface area contributed by atoms with Crippen LogP contribution in [0.4, 0.5) is 0 Å². The molecule has 0 unspecified atom stereocenters. The average Bonchev–Trinajstić information content (AvgIpc) is 2.28. The molecule has 0 fully saturated rings. The highest BCUT2D eigenvalue weighted by Crippen LogP contribution is 2.16. The van der Waals surface area contributed by atoms with Crippen LogP contribution in [-0.2, 0) is 4.79 Å². The lowest BCUT2D eigenvalue weighted by Crippen LogP contribution is -2.34. The van der Waals surface area contributed by atoms with Crippen molar-refractivity contribution in [3.8, 4) is 0 Å².